The van der Waals surface area contributed by atoms with Crippen molar-refractivity contribution in [1.29, 1.82) is 0 Å². The molecule has 1 rings (SSSR count). The molecule has 0 saturated carbocycles. The molecule has 0 N–H and O–H groups in total. The molecule has 0 aromatic heterocycles. The molecule has 0 atom stereocenters. The molecule has 0 heterocycles. The van der Waals surface area contributed by atoms with Gasteiger partial charge in [-0.25, -0.2) is 0 Å². The van der Waals surface area contributed by atoms with Gasteiger partial charge in [0.2, 0.25) is 0 Å². The van der Waals surface area contributed by atoms with E-state index in [1.54, 1.807) is 0 Å². The minimum absolute atomic E-state index is 1.27. The second-order valence-electron chi connectivity index (χ2n) is 2.53. The fraction of sp³-hybridized carbons (Fsp3) is 0.500. The standard InChI is InChI=1S/C8H12.C2H6.C2H4/c1-7-3-5-8(2)6-4-7;2*1-2/h3,5H,4,6H2,1-2H3;1-2H3;1-2H2. The average Bonchev–Trinajstić information content (AvgIpc) is 2.17. The molecule has 0 bridgehead atoms. The van der Waals surface area contributed by atoms with Crippen molar-refractivity contribution in [1.82, 2.24) is 0 Å². The van der Waals surface area contributed by atoms with Gasteiger partial charge < -0.3 is 0 Å². The summed E-state index contributed by atoms with van der Waals surface area (Å²) >= 11 is 0. The van der Waals surface area contributed by atoms with E-state index in [2.05, 4.69) is 39.2 Å². The third-order valence-corrected chi connectivity index (χ3v) is 1.57. The van der Waals surface area contributed by atoms with Crippen molar-refractivity contribution in [2.75, 3.05) is 0 Å². The van der Waals surface area contributed by atoms with Crippen LogP contribution in [-0.2, 0) is 0 Å². The van der Waals surface area contributed by atoms with Crippen LogP contribution in [0.2, 0.25) is 0 Å². The molecule has 0 aromatic rings. The summed E-state index contributed by atoms with van der Waals surface area (Å²) in [5, 5.41) is 0. The van der Waals surface area contributed by atoms with E-state index in [9.17, 15) is 0 Å². The van der Waals surface area contributed by atoms with E-state index in [0.29, 0.717) is 0 Å². The van der Waals surface area contributed by atoms with Gasteiger partial charge in [-0.3, -0.25) is 0 Å². The predicted octanol–water partition coefficient (Wildman–Crippen LogP) is 4.50. The number of rotatable bonds is 0. The SMILES string of the molecule is C=C.CC.CC1=CC=C(C)CC1. The Kier molecular flexibility index (Phi) is 11.7. The van der Waals surface area contributed by atoms with Crippen LogP contribution in [0.3, 0.4) is 0 Å². The molecule has 0 radical (unpaired) electrons. The second kappa shape index (κ2) is 10.2. The van der Waals surface area contributed by atoms with Crippen LogP contribution < -0.4 is 0 Å². The van der Waals surface area contributed by atoms with Gasteiger partial charge in [0.15, 0.2) is 0 Å². The van der Waals surface area contributed by atoms with Crippen molar-refractivity contribution < 1.29 is 0 Å². The molecule has 0 nitrogen and oxygen atoms in total. The lowest BCUT2D eigenvalue weighted by atomic mass is 10.0. The minimum Gasteiger partial charge on any atom is -0.106 e. The lowest BCUT2D eigenvalue weighted by Crippen LogP contribution is -1.85. The molecular formula is C12H22. The minimum atomic E-state index is 1.27. The Morgan fingerprint density at radius 3 is 1.33 bits per heavy atom. The highest BCUT2D eigenvalue weighted by molar-refractivity contribution is 5.20. The smallest absolute Gasteiger partial charge is 0.0283 e. The fourth-order valence-corrected chi connectivity index (χ4v) is 0.846. The summed E-state index contributed by atoms with van der Waals surface area (Å²) < 4.78 is 0. The Hall–Kier alpha value is -0.780. The zero-order valence-electron chi connectivity index (χ0n) is 8.98. The molecule has 0 aliphatic heterocycles. The Morgan fingerprint density at radius 2 is 1.17 bits per heavy atom. The molecule has 0 fully saturated rings. The zero-order chi connectivity index (χ0) is 9.98. The molecule has 0 saturated heterocycles. The number of hydrogen-bond acceptors (Lipinski definition) is 0. The van der Waals surface area contributed by atoms with E-state index in [1.165, 1.54) is 24.0 Å². The predicted molar refractivity (Wildman–Crippen MR) is 59.4 cm³/mol. The Balaban J connectivity index is 0. The molecular weight excluding hydrogens is 144 g/mol. The highest BCUT2D eigenvalue weighted by Gasteiger charge is 1.95. The van der Waals surface area contributed by atoms with Gasteiger partial charge >= 0.3 is 0 Å². The van der Waals surface area contributed by atoms with Gasteiger partial charge in [-0.1, -0.05) is 37.1 Å². The fourth-order valence-electron chi connectivity index (χ4n) is 0.846. The third kappa shape index (κ3) is 7.33. The van der Waals surface area contributed by atoms with E-state index in [-0.39, 0.29) is 0 Å². The van der Waals surface area contributed by atoms with Crippen molar-refractivity contribution >= 4 is 0 Å². The Labute approximate surface area is 77.7 Å². The molecule has 0 heteroatoms. The van der Waals surface area contributed by atoms with Gasteiger partial charge in [0.1, 0.15) is 0 Å². The summed E-state index contributed by atoms with van der Waals surface area (Å²) in [6.07, 6.45) is 6.95. The van der Waals surface area contributed by atoms with E-state index < -0.39 is 0 Å². The van der Waals surface area contributed by atoms with Gasteiger partial charge in [0.05, 0.1) is 0 Å². The monoisotopic (exact) mass is 166 g/mol. The van der Waals surface area contributed by atoms with Crippen molar-refractivity contribution in [3.8, 4) is 0 Å². The van der Waals surface area contributed by atoms with E-state index in [4.69, 9.17) is 0 Å². The first kappa shape index (κ1) is 13.8. The van der Waals surface area contributed by atoms with E-state index >= 15 is 0 Å². The second-order valence-corrected chi connectivity index (χ2v) is 2.53. The quantitative estimate of drug-likeness (QED) is 0.465. The van der Waals surface area contributed by atoms with E-state index in [0.717, 1.165) is 0 Å². The zero-order valence-corrected chi connectivity index (χ0v) is 8.98. The molecule has 1 aliphatic carbocycles. The lowest BCUT2D eigenvalue weighted by Gasteiger charge is -2.05. The van der Waals surface area contributed by atoms with Crippen molar-refractivity contribution in [2.45, 2.75) is 40.5 Å². The topological polar surface area (TPSA) is 0 Å². The van der Waals surface area contributed by atoms with Gasteiger partial charge in [0, 0.05) is 0 Å². The highest BCUT2D eigenvalue weighted by atomic mass is 14.0. The molecule has 0 unspecified atom stereocenters. The maximum Gasteiger partial charge on any atom is -0.0283 e. The van der Waals surface area contributed by atoms with Gasteiger partial charge in [-0.2, -0.15) is 0 Å². The lowest BCUT2D eigenvalue weighted by molar-refractivity contribution is 0.906. The van der Waals surface area contributed by atoms with Crippen LogP contribution in [0.15, 0.2) is 36.5 Å². The summed E-state index contributed by atoms with van der Waals surface area (Å²) in [7, 11) is 0. The van der Waals surface area contributed by atoms with Gasteiger partial charge in [-0.05, 0) is 26.7 Å². The first-order valence-corrected chi connectivity index (χ1v) is 4.62. The van der Waals surface area contributed by atoms with Crippen LogP contribution >= 0.6 is 0 Å². The normalized spacial score (nSPS) is 14.0. The number of hydrogen-bond donors (Lipinski definition) is 0. The van der Waals surface area contributed by atoms with Crippen LogP contribution in [0.5, 0.6) is 0 Å². The summed E-state index contributed by atoms with van der Waals surface area (Å²) in [4.78, 5) is 0. The molecule has 0 amide bonds. The molecule has 0 aromatic carbocycles. The molecule has 12 heavy (non-hydrogen) atoms. The van der Waals surface area contributed by atoms with Gasteiger partial charge in [-0.15, -0.1) is 13.2 Å². The Bertz CT molecular complexity index is 131. The average molecular weight is 166 g/mol. The Morgan fingerprint density at radius 1 is 0.917 bits per heavy atom. The maximum absolute atomic E-state index is 3.00. The summed E-state index contributed by atoms with van der Waals surface area (Å²) in [6, 6.07) is 0. The summed E-state index contributed by atoms with van der Waals surface area (Å²) in [6.45, 7) is 14.4. The first-order valence-electron chi connectivity index (χ1n) is 4.62. The van der Waals surface area contributed by atoms with Crippen LogP contribution in [0.25, 0.3) is 0 Å². The first-order chi connectivity index (χ1) is 5.79. The third-order valence-electron chi connectivity index (χ3n) is 1.57. The van der Waals surface area contributed by atoms with Crippen LogP contribution in [0, 0.1) is 0 Å². The maximum atomic E-state index is 3.00. The van der Waals surface area contributed by atoms with Crippen LogP contribution in [0.1, 0.15) is 40.5 Å². The molecule has 1 aliphatic rings. The van der Waals surface area contributed by atoms with E-state index in [1.807, 2.05) is 13.8 Å². The highest BCUT2D eigenvalue weighted by Crippen LogP contribution is 2.15. The summed E-state index contributed by atoms with van der Waals surface area (Å²) in [5.41, 5.74) is 3.02. The molecule has 70 valence electrons. The largest absolute Gasteiger partial charge is 0.106 e. The van der Waals surface area contributed by atoms with Crippen molar-refractivity contribution in [2.24, 2.45) is 0 Å². The van der Waals surface area contributed by atoms with Crippen molar-refractivity contribution in [3.63, 3.8) is 0 Å². The number of allylic oxidation sites excluding steroid dienone is 4. The van der Waals surface area contributed by atoms with Gasteiger partial charge in [0.25, 0.3) is 0 Å². The molecule has 0 spiro atoms. The van der Waals surface area contributed by atoms with Crippen LogP contribution in [-0.4, -0.2) is 0 Å². The summed E-state index contributed by atoms with van der Waals surface area (Å²) in [5.74, 6) is 0. The van der Waals surface area contributed by atoms with Crippen LogP contribution in [0.4, 0.5) is 0 Å². The van der Waals surface area contributed by atoms with Crippen molar-refractivity contribution in [3.05, 3.63) is 36.5 Å².